The lowest BCUT2D eigenvalue weighted by molar-refractivity contribution is 0.0553. The van der Waals surface area contributed by atoms with E-state index in [0.717, 1.165) is 11.4 Å². The minimum Gasteiger partial charge on any atom is -0.493 e. The van der Waals surface area contributed by atoms with E-state index in [2.05, 4.69) is 0 Å². The van der Waals surface area contributed by atoms with Crippen molar-refractivity contribution in [2.24, 2.45) is 0 Å². The van der Waals surface area contributed by atoms with Gasteiger partial charge < -0.3 is 14.7 Å². The summed E-state index contributed by atoms with van der Waals surface area (Å²) in [4.78, 5) is 2.03. The number of anilines is 1. The minimum atomic E-state index is -0.668. The summed E-state index contributed by atoms with van der Waals surface area (Å²) in [6, 6.07) is 7.92. The Balaban J connectivity index is 2.51. The third-order valence-corrected chi connectivity index (χ3v) is 2.32. The average Bonchev–Trinajstić information content (AvgIpc) is 2.16. The SMILES string of the molecule is CN(C)c1cccc(OCCC(C)(C)O)c1. The molecule has 0 aliphatic heterocycles. The van der Waals surface area contributed by atoms with E-state index in [4.69, 9.17) is 4.74 Å². The van der Waals surface area contributed by atoms with Crippen LogP contribution < -0.4 is 9.64 Å². The number of hydrogen-bond acceptors (Lipinski definition) is 3. The van der Waals surface area contributed by atoms with Crippen LogP contribution in [0.3, 0.4) is 0 Å². The molecule has 0 spiro atoms. The number of benzene rings is 1. The first-order valence-electron chi connectivity index (χ1n) is 5.51. The first kappa shape index (κ1) is 12.8. The van der Waals surface area contributed by atoms with Crippen molar-refractivity contribution < 1.29 is 9.84 Å². The summed E-state index contributed by atoms with van der Waals surface area (Å²) < 4.78 is 5.59. The van der Waals surface area contributed by atoms with E-state index in [1.165, 1.54) is 0 Å². The number of rotatable bonds is 5. The second-order valence-corrected chi connectivity index (χ2v) is 4.80. The lowest BCUT2D eigenvalue weighted by Gasteiger charge is -2.18. The summed E-state index contributed by atoms with van der Waals surface area (Å²) >= 11 is 0. The molecule has 0 fully saturated rings. The van der Waals surface area contributed by atoms with E-state index in [9.17, 15) is 5.11 Å². The predicted octanol–water partition coefficient (Wildman–Crippen LogP) is 2.29. The van der Waals surface area contributed by atoms with Crippen molar-refractivity contribution in [1.29, 1.82) is 0 Å². The van der Waals surface area contributed by atoms with Gasteiger partial charge in [-0.3, -0.25) is 0 Å². The largest absolute Gasteiger partial charge is 0.493 e. The Morgan fingerprint density at radius 1 is 1.31 bits per heavy atom. The maximum Gasteiger partial charge on any atom is 0.121 e. The van der Waals surface area contributed by atoms with Crippen LogP contribution in [0.2, 0.25) is 0 Å². The van der Waals surface area contributed by atoms with Crippen LogP contribution in [0.4, 0.5) is 5.69 Å². The standard InChI is InChI=1S/C13H21NO2/c1-13(2,15)8-9-16-12-7-5-6-11(10-12)14(3)4/h5-7,10,15H,8-9H2,1-4H3. The molecule has 1 rings (SSSR count). The van der Waals surface area contributed by atoms with E-state index in [1.54, 1.807) is 13.8 Å². The van der Waals surface area contributed by atoms with Crippen LogP contribution in [0.15, 0.2) is 24.3 Å². The molecule has 0 unspecified atom stereocenters. The van der Waals surface area contributed by atoms with Gasteiger partial charge in [0, 0.05) is 32.3 Å². The van der Waals surface area contributed by atoms with Crippen LogP contribution in [0.1, 0.15) is 20.3 Å². The number of hydrogen-bond donors (Lipinski definition) is 1. The van der Waals surface area contributed by atoms with Crippen LogP contribution in [0, 0.1) is 0 Å². The van der Waals surface area contributed by atoms with Gasteiger partial charge in [-0.2, -0.15) is 0 Å². The average molecular weight is 223 g/mol. The van der Waals surface area contributed by atoms with E-state index >= 15 is 0 Å². The summed E-state index contributed by atoms with van der Waals surface area (Å²) in [7, 11) is 3.99. The third-order valence-electron chi connectivity index (χ3n) is 2.32. The van der Waals surface area contributed by atoms with Crippen molar-refractivity contribution in [2.75, 3.05) is 25.6 Å². The zero-order chi connectivity index (χ0) is 12.2. The molecule has 0 saturated carbocycles. The lowest BCUT2D eigenvalue weighted by atomic mass is 10.1. The van der Waals surface area contributed by atoms with Gasteiger partial charge in [-0.25, -0.2) is 0 Å². The maximum absolute atomic E-state index is 9.55. The highest BCUT2D eigenvalue weighted by Gasteiger charge is 2.12. The van der Waals surface area contributed by atoms with Crippen LogP contribution in [-0.2, 0) is 0 Å². The van der Waals surface area contributed by atoms with Gasteiger partial charge in [-0.15, -0.1) is 0 Å². The van der Waals surface area contributed by atoms with Crippen molar-refractivity contribution in [3.63, 3.8) is 0 Å². The normalized spacial score (nSPS) is 11.3. The molecule has 0 radical (unpaired) electrons. The van der Waals surface area contributed by atoms with E-state index in [0.29, 0.717) is 13.0 Å². The van der Waals surface area contributed by atoms with Gasteiger partial charge in [-0.1, -0.05) is 6.07 Å². The second-order valence-electron chi connectivity index (χ2n) is 4.80. The van der Waals surface area contributed by atoms with Gasteiger partial charge in [0.2, 0.25) is 0 Å². The first-order valence-corrected chi connectivity index (χ1v) is 5.51. The predicted molar refractivity (Wildman–Crippen MR) is 67.2 cm³/mol. The fraction of sp³-hybridized carbons (Fsp3) is 0.538. The smallest absolute Gasteiger partial charge is 0.121 e. The molecule has 90 valence electrons. The highest BCUT2D eigenvalue weighted by atomic mass is 16.5. The zero-order valence-corrected chi connectivity index (χ0v) is 10.5. The summed E-state index contributed by atoms with van der Waals surface area (Å²) in [6.07, 6.45) is 0.624. The van der Waals surface area contributed by atoms with Crippen LogP contribution in [0.5, 0.6) is 5.75 Å². The van der Waals surface area contributed by atoms with Gasteiger partial charge in [0.05, 0.1) is 12.2 Å². The Labute approximate surface area is 97.7 Å². The summed E-state index contributed by atoms with van der Waals surface area (Å²) in [5.74, 6) is 0.843. The summed E-state index contributed by atoms with van der Waals surface area (Å²) in [6.45, 7) is 4.10. The Bertz CT molecular complexity index is 329. The van der Waals surface area contributed by atoms with Crippen molar-refractivity contribution in [3.05, 3.63) is 24.3 Å². The quantitative estimate of drug-likeness (QED) is 0.831. The fourth-order valence-electron chi connectivity index (χ4n) is 1.27. The molecular formula is C13H21NO2. The van der Waals surface area contributed by atoms with Crippen LogP contribution in [-0.4, -0.2) is 31.4 Å². The topological polar surface area (TPSA) is 32.7 Å². The van der Waals surface area contributed by atoms with E-state index < -0.39 is 5.60 Å². The van der Waals surface area contributed by atoms with E-state index in [1.807, 2.05) is 43.3 Å². The number of nitrogens with zero attached hydrogens (tertiary/aromatic N) is 1. The summed E-state index contributed by atoms with van der Waals surface area (Å²) in [5.41, 5.74) is 0.444. The molecule has 0 heterocycles. The van der Waals surface area contributed by atoms with Gasteiger partial charge in [0.1, 0.15) is 5.75 Å². The number of aliphatic hydroxyl groups is 1. The summed E-state index contributed by atoms with van der Waals surface area (Å²) in [5, 5.41) is 9.55. The fourth-order valence-corrected chi connectivity index (χ4v) is 1.27. The molecule has 1 aromatic carbocycles. The molecule has 0 aromatic heterocycles. The third kappa shape index (κ3) is 4.53. The Morgan fingerprint density at radius 3 is 2.56 bits per heavy atom. The molecule has 1 N–H and O–H groups in total. The van der Waals surface area contributed by atoms with Gasteiger partial charge in [0.25, 0.3) is 0 Å². The Hall–Kier alpha value is -1.22. The van der Waals surface area contributed by atoms with Crippen molar-refractivity contribution in [3.8, 4) is 5.75 Å². The molecule has 0 aliphatic rings. The van der Waals surface area contributed by atoms with Crippen molar-refractivity contribution >= 4 is 5.69 Å². The molecule has 3 heteroatoms. The molecule has 0 saturated heterocycles. The van der Waals surface area contributed by atoms with Crippen molar-refractivity contribution in [1.82, 2.24) is 0 Å². The lowest BCUT2D eigenvalue weighted by Crippen LogP contribution is -2.21. The monoisotopic (exact) mass is 223 g/mol. The van der Waals surface area contributed by atoms with Crippen LogP contribution >= 0.6 is 0 Å². The number of ether oxygens (including phenoxy) is 1. The van der Waals surface area contributed by atoms with Crippen molar-refractivity contribution in [2.45, 2.75) is 25.9 Å². The Morgan fingerprint density at radius 2 is 2.00 bits per heavy atom. The van der Waals surface area contributed by atoms with E-state index in [-0.39, 0.29) is 0 Å². The molecule has 0 amide bonds. The molecule has 16 heavy (non-hydrogen) atoms. The minimum absolute atomic E-state index is 0.528. The molecular weight excluding hydrogens is 202 g/mol. The van der Waals surface area contributed by atoms with Gasteiger partial charge >= 0.3 is 0 Å². The first-order chi connectivity index (χ1) is 7.38. The highest BCUT2D eigenvalue weighted by molar-refractivity contribution is 5.49. The molecule has 3 nitrogen and oxygen atoms in total. The maximum atomic E-state index is 9.55. The highest BCUT2D eigenvalue weighted by Crippen LogP contribution is 2.20. The van der Waals surface area contributed by atoms with Crippen LogP contribution in [0.25, 0.3) is 0 Å². The molecule has 0 aliphatic carbocycles. The van der Waals surface area contributed by atoms with Gasteiger partial charge in [0.15, 0.2) is 0 Å². The molecule has 1 aromatic rings. The Kier molecular flexibility index (Phi) is 4.19. The van der Waals surface area contributed by atoms with Gasteiger partial charge in [-0.05, 0) is 26.0 Å². The second kappa shape index (κ2) is 5.21. The zero-order valence-electron chi connectivity index (χ0n) is 10.5. The molecule has 0 atom stereocenters. The molecule has 0 bridgehead atoms.